The van der Waals surface area contributed by atoms with E-state index < -0.39 is 0 Å². The minimum Gasteiger partial charge on any atom is -0.462 e. The van der Waals surface area contributed by atoms with E-state index in [9.17, 15) is 9.59 Å². The van der Waals surface area contributed by atoms with Gasteiger partial charge in [-0.15, -0.1) is 0 Å². The van der Waals surface area contributed by atoms with E-state index >= 15 is 0 Å². The zero-order valence-corrected chi connectivity index (χ0v) is 13.0. The van der Waals surface area contributed by atoms with E-state index in [2.05, 4.69) is 0 Å². The molecule has 0 aromatic carbocycles. The third-order valence-electron chi connectivity index (χ3n) is 3.01. The Morgan fingerprint density at radius 2 is 1.10 bits per heavy atom. The molecule has 0 aliphatic heterocycles. The van der Waals surface area contributed by atoms with Gasteiger partial charge in [-0.3, -0.25) is 0 Å². The number of carbonyl (C=O) groups excluding carboxylic acids is 2. The van der Waals surface area contributed by atoms with E-state index in [-0.39, 0.29) is 11.9 Å². The largest absolute Gasteiger partial charge is 0.462 e. The topological polar surface area (TPSA) is 52.6 Å². The monoisotopic (exact) mass is 282 g/mol. The van der Waals surface area contributed by atoms with Gasteiger partial charge < -0.3 is 9.47 Å². The lowest BCUT2D eigenvalue weighted by Gasteiger charge is -2.06. The number of esters is 2. The Kier molecular flexibility index (Phi) is 10.4. The molecule has 114 valence electrons. The van der Waals surface area contributed by atoms with Crippen LogP contribution < -0.4 is 0 Å². The van der Waals surface area contributed by atoms with Crippen molar-refractivity contribution in [3.63, 3.8) is 0 Å². The Labute approximate surface area is 121 Å². The van der Waals surface area contributed by atoms with Gasteiger partial charge in [-0.2, -0.15) is 0 Å². The van der Waals surface area contributed by atoms with Crippen LogP contribution in [0.25, 0.3) is 0 Å². The molecule has 0 aromatic rings. The van der Waals surface area contributed by atoms with Crippen LogP contribution >= 0.6 is 0 Å². The van der Waals surface area contributed by atoms with Gasteiger partial charge in [-0.25, -0.2) is 9.59 Å². The maximum atomic E-state index is 11.3. The van der Waals surface area contributed by atoms with E-state index in [1.54, 1.807) is 26.0 Å². The van der Waals surface area contributed by atoms with Gasteiger partial charge >= 0.3 is 11.9 Å². The zero-order chi connectivity index (χ0) is 15.4. The molecule has 0 radical (unpaired) electrons. The van der Waals surface area contributed by atoms with Crippen LogP contribution in [0, 0.1) is 0 Å². The summed E-state index contributed by atoms with van der Waals surface area (Å²) in [6.45, 7) is 8.00. The molecule has 20 heavy (non-hydrogen) atoms. The van der Waals surface area contributed by atoms with Crippen LogP contribution in [0.4, 0.5) is 0 Å². The number of hydrogen-bond donors (Lipinski definition) is 0. The van der Waals surface area contributed by atoms with Gasteiger partial charge in [0.2, 0.25) is 0 Å². The maximum Gasteiger partial charge on any atom is 0.333 e. The first-order valence-corrected chi connectivity index (χ1v) is 7.13. The first kappa shape index (κ1) is 18.4. The molecule has 4 nitrogen and oxygen atoms in total. The van der Waals surface area contributed by atoms with Gasteiger partial charge in [0.15, 0.2) is 0 Å². The van der Waals surface area contributed by atoms with E-state index in [1.807, 2.05) is 13.8 Å². The summed E-state index contributed by atoms with van der Waals surface area (Å²) >= 11 is 0. The second-order valence-corrected chi connectivity index (χ2v) is 4.63. The minimum atomic E-state index is -0.247. The fourth-order valence-corrected chi connectivity index (χ4v) is 1.35. The summed E-state index contributed by atoms with van der Waals surface area (Å²) in [7, 11) is 0. The number of ether oxygens (including phenoxy) is 2. The summed E-state index contributed by atoms with van der Waals surface area (Å²) < 4.78 is 10.2. The minimum absolute atomic E-state index is 0.247. The quantitative estimate of drug-likeness (QED) is 0.368. The summed E-state index contributed by atoms with van der Waals surface area (Å²) in [6.07, 6.45) is 7.08. The molecule has 0 unspecified atom stereocenters. The van der Waals surface area contributed by atoms with Crippen molar-refractivity contribution in [3.05, 3.63) is 23.3 Å². The highest BCUT2D eigenvalue weighted by molar-refractivity contribution is 5.87. The average molecular weight is 282 g/mol. The van der Waals surface area contributed by atoms with Crippen LogP contribution in [0.15, 0.2) is 23.3 Å². The Balaban J connectivity index is 3.46. The third-order valence-corrected chi connectivity index (χ3v) is 3.01. The SMILES string of the molecule is CC=C(C)C(=O)OCCCCCCOC(=O)C(C)=CC. The number of unbranched alkanes of at least 4 members (excludes halogenated alkanes) is 3. The highest BCUT2D eigenvalue weighted by Crippen LogP contribution is 2.04. The smallest absolute Gasteiger partial charge is 0.333 e. The molecular formula is C16H26O4. The standard InChI is InChI=1S/C16H26O4/c1-5-13(3)15(17)19-11-9-7-8-10-12-20-16(18)14(4)6-2/h5-6H,7-12H2,1-4H3. The molecule has 0 N–H and O–H groups in total. The molecule has 0 rings (SSSR count). The van der Waals surface area contributed by atoms with Gasteiger partial charge in [0.1, 0.15) is 0 Å². The molecule has 4 heteroatoms. The van der Waals surface area contributed by atoms with Crippen molar-refractivity contribution >= 4 is 11.9 Å². The van der Waals surface area contributed by atoms with Crippen molar-refractivity contribution < 1.29 is 19.1 Å². The number of rotatable bonds is 9. The lowest BCUT2D eigenvalue weighted by atomic mass is 10.2. The molecule has 0 fully saturated rings. The van der Waals surface area contributed by atoms with Crippen molar-refractivity contribution in [2.75, 3.05) is 13.2 Å². The van der Waals surface area contributed by atoms with Crippen LogP contribution in [-0.4, -0.2) is 25.2 Å². The molecule has 0 saturated carbocycles. The van der Waals surface area contributed by atoms with Crippen molar-refractivity contribution in [1.29, 1.82) is 0 Å². The molecule has 0 aliphatic carbocycles. The normalized spacial score (nSPS) is 12.2. The zero-order valence-electron chi connectivity index (χ0n) is 13.0. The van der Waals surface area contributed by atoms with Crippen LogP contribution in [0.1, 0.15) is 53.4 Å². The summed E-state index contributed by atoms with van der Waals surface area (Å²) in [5, 5.41) is 0. The lowest BCUT2D eigenvalue weighted by Crippen LogP contribution is -2.08. The Bertz CT molecular complexity index is 331. The molecule has 0 aliphatic rings. The summed E-state index contributed by atoms with van der Waals surface area (Å²) in [6, 6.07) is 0. The molecule has 0 bridgehead atoms. The third kappa shape index (κ3) is 8.51. The number of allylic oxidation sites excluding steroid dienone is 2. The van der Waals surface area contributed by atoms with Crippen LogP contribution in [-0.2, 0) is 19.1 Å². The van der Waals surface area contributed by atoms with Crippen molar-refractivity contribution in [1.82, 2.24) is 0 Å². The van der Waals surface area contributed by atoms with Crippen molar-refractivity contribution in [3.8, 4) is 0 Å². The molecule has 0 amide bonds. The number of hydrogen-bond acceptors (Lipinski definition) is 4. The van der Waals surface area contributed by atoms with Gasteiger partial charge in [0.05, 0.1) is 13.2 Å². The first-order valence-electron chi connectivity index (χ1n) is 7.13. The molecule has 0 aromatic heterocycles. The van der Waals surface area contributed by atoms with Crippen LogP contribution in [0.5, 0.6) is 0 Å². The van der Waals surface area contributed by atoms with Gasteiger partial charge in [0.25, 0.3) is 0 Å². The van der Waals surface area contributed by atoms with Crippen LogP contribution in [0.3, 0.4) is 0 Å². The molecule has 0 heterocycles. The van der Waals surface area contributed by atoms with E-state index in [1.165, 1.54) is 0 Å². The molecular weight excluding hydrogens is 256 g/mol. The molecule has 0 spiro atoms. The highest BCUT2D eigenvalue weighted by atomic mass is 16.5. The Morgan fingerprint density at radius 1 is 0.750 bits per heavy atom. The fourth-order valence-electron chi connectivity index (χ4n) is 1.35. The van der Waals surface area contributed by atoms with Crippen LogP contribution in [0.2, 0.25) is 0 Å². The predicted octanol–water partition coefficient (Wildman–Crippen LogP) is 3.57. The summed E-state index contributed by atoms with van der Waals surface area (Å²) in [5.41, 5.74) is 1.27. The predicted molar refractivity (Wildman–Crippen MR) is 79.2 cm³/mol. The second kappa shape index (κ2) is 11.3. The van der Waals surface area contributed by atoms with E-state index in [0.717, 1.165) is 25.7 Å². The highest BCUT2D eigenvalue weighted by Gasteiger charge is 2.04. The molecule has 0 saturated heterocycles. The Morgan fingerprint density at radius 3 is 1.40 bits per heavy atom. The molecule has 0 atom stereocenters. The van der Waals surface area contributed by atoms with Gasteiger partial charge in [0, 0.05) is 11.1 Å². The number of carbonyl (C=O) groups is 2. The van der Waals surface area contributed by atoms with E-state index in [0.29, 0.717) is 24.4 Å². The lowest BCUT2D eigenvalue weighted by molar-refractivity contribution is -0.140. The van der Waals surface area contributed by atoms with Gasteiger partial charge in [-0.05, 0) is 53.4 Å². The van der Waals surface area contributed by atoms with Crippen molar-refractivity contribution in [2.45, 2.75) is 53.4 Å². The Hall–Kier alpha value is -1.58. The summed E-state index contributed by atoms with van der Waals surface area (Å²) in [4.78, 5) is 22.6. The van der Waals surface area contributed by atoms with Crippen molar-refractivity contribution in [2.24, 2.45) is 0 Å². The average Bonchev–Trinajstić information content (AvgIpc) is 2.47. The maximum absolute atomic E-state index is 11.3. The summed E-state index contributed by atoms with van der Waals surface area (Å²) in [5.74, 6) is -0.494. The second-order valence-electron chi connectivity index (χ2n) is 4.63. The van der Waals surface area contributed by atoms with E-state index in [4.69, 9.17) is 9.47 Å². The fraction of sp³-hybridized carbons (Fsp3) is 0.625. The first-order chi connectivity index (χ1) is 9.52. The van der Waals surface area contributed by atoms with Gasteiger partial charge in [-0.1, -0.05) is 12.2 Å².